The Labute approximate surface area is 145 Å². The van der Waals surface area contributed by atoms with E-state index in [1.54, 1.807) is 6.92 Å². The Balaban J connectivity index is 2.46. The average Bonchev–Trinajstić information content (AvgIpc) is 2.55. The average molecular weight is 373 g/mol. The second-order valence-electron chi connectivity index (χ2n) is 5.46. The maximum atomic E-state index is 13.2. The maximum Gasteiger partial charge on any atom is 0.433 e. The van der Waals surface area contributed by atoms with E-state index in [2.05, 4.69) is 20.6 Å². The van der Waals surface area contributed by atoms with Crippen LogP contribution in [0.25, 0.3) is 0 Å². The van der Waals surface area contributed by atoms with Gasteiger partial charge in [-0.15, -0.1) is 0 Å². The number of aromatic nitrogens is 2. The molecule has 1 aromatic carbocycles. The molecule has 0 amide bonds. The van der Waals surface area contributed by atoms with Crippen molar-refractivity contribution in [3.63, 3.8) is 0 Å². The lowest BCUT2D eigenvalue weighted by Crippen LogP contribution is -2.18. The Kier molecular flexibility index (Phi) is 5.58. The first-order valence-corrected chi connectivity index (χ1v) is 7.54. The predicted molar refractivity (Wildman–Crippen MR) is 86.7 cm³/mol. The van der Waals surface area contributed by atoms with E-state index < -0.39 is 28.3 Å². The zero-order valence-corrected chi connectivity index (χ0v) is 13.8. The van der Waals surface area contributed by atoms with Crippen LogP contribution in [-0.4, -0.2) is 20.9 Å². The molecule has 140 valence electrons. The van der Waals surface area contributed by atoms with Crippen molar-refractivity contribution in [1.29, 1.82) is 0 Å². The lowest BCUT2D eigenvalue weighted by Gasteiger charge is -2.15. The van der Waals surface area contributed by atoms with Gasteiger partial charge in [-0.05, 0) is 25.5 Å². The van der Waals surface area contributed by atoms with Crippen LogP contribution in [0.1, 0.15) is 26.0 Å². The zero-order valence-electron chi connectivity index (χ0n) is 13.8. The predicted octanol–water partition coefficient (Wildman–Crippen LogP) is 4.50. The van der Waals surface area contributed by atoms with E-state index in [0.29, 0.717) is 18.6 Å². The topological polar surface area (TPSA) is 93.0 Å². The molecule has 0 unspecified atom stereocenters. The number of alkyl halides is 3. The molecule has 11 heteroatoms. The summed E-state index contributed by atoms with van der Waals surface area (Å²) in [6.07, 6.45) is -4.12. The minimum atomic E-state index is -4.74. The van der Waals surface area contributed by atoms with Crippen molar-refractivity contribution in [2.45, 2.75) is 32.5 Å². The molecule has 0 aliphatic carbocycles. The number of nitrogens with zero attached hydrogens (tertiary/aromatic N) is 3. The normalized spacial score (nSPS) is 12.5. The van der Waals surface area contributed by atoms with E-state index in [9.17, 15) is 27.7 Å². The highest BCUT2D eigenvalue weighted by atomic mass is 19.4. The molecule has 7 nitrogen and oxygen atoms in total. The van der Waals surface area contributed by atoms with Gasteiger partial charge in [-0.3, -0.25) is 10.1 Å². The van der Waals surface area contributed by atoms with Gasteiger partial charge in [0.1, 0.15) is 17.3 Å². The Hall–Kier alpha value is -2.98. The molecule has 0 spiro atoms. The van der Waals surface area contributed by atoms with Crippen molar-refractivity contribution in [3.8, 4) is 0 Å². The van der Waals surface area contributed by atoms with Crippen LogP contribution in [0.15, 0.2) is 24.3 Å². The second-order valence-corrected chi connectivity index (χ2v) is 5.46. The van der Waals surface area contributed by atoms with Crippen molar-refractivity contribution < 1.29 is 22.5 Å². The van der Waals surface area contributed by atoms with Gasteiger partial charge in [0.05, 0.1) is 11.0 Å². The Bertz CT molecular complexity index is 813. The fraction of sp³-hybridized carbons (Fsp3) is 0.333. The number of benzene rings is 1. The quantitative estimate of drug-likeness (QED) is 0.440. The van der Waals surface area contributed by atoms with Crippen LogP contribution >= 0.6 is 0 Å². The summed E-state index contributed by atoms with van der Waals surface area (Å²) in [7, 11) is 0. The van der Waals surface area contributed by atoms with Crippen molar-refractivity contribution in [2.24, 2.45) is 0 Å². The molecule has 1 aromatic heterocycles. The Morgan fingerprint density at radius 3 is 2.54 bits per heavy atom. The van der Waals surface area contributed by atoms with Gasteiger partial charge >= 0.3 is 6.18 Å². The van der Waals surface area contributed by atoms with Crippen LogP contribution in [0.4, 0.5) is 40.7 Å². The number of nitro benzene ring substituents is 1. The SMILES string of the molecule is CC[C@@H](C)Nc1nc(Nc2ccc(F)cc2[N+](=O)[O-])cc(C(F)(F)F)n1. The summed E-state index contributed by atoms with van der Waals surface area (Å²) >= 11 is 0. The van der Waals surface area contributed by atoms with Crippen LogP contribution in [-0.2, 0) is 6.18 Å². The first-order valence-electron chi connectivity index (χ1n) is 7.54. The molecular formula is C15H15F4N5O2. The van der Waals surface area contributed by atoms with E-state index in [-0.39, 0.29) is 23.5 Å². The van der Waals surface area contributed by atoms with Crippen LogP contribution in [0.5, 0.6) is 0 Å². The van der Waals surface area contributed by atoms with E-state index in [4.69, 9.17) is 0 Å². The lowest BCUT2D eigenvalue weighted by molar-refractivity contribution is -0.384. The lowest BCUT2D eigenvalue weighted by atomic mass is 10.2. The first kappa shape index (κ1) is 19.3. The molecule has 2 rings (SSSR count). The summed E-state index contributed by atoms with van der Waals surface area (Å²) in [6.45, 7) is 3.56. The molecule has 0 fully saturated rings. The summed E-state index contributed by atoms with van der Waals surface area (Å²) in [5.41, 5.74) is -2.04. The van der Waals surface area contributed by atoms with Crippen LogP contribution in [0, 0.1) is 15.9 Å². The highest BCUT2D eigenvalue weighted by Gasteiger charge is 2.34. The van der Waals surface area contributed by atoms with E-state index >= 15 is 0 Å². The Morgan fingerprint density at radius 1 is 1.27 bits per heavy atom. The zero-order chi connectivity index (χ0) is 19.5. The van der Waals surface area contributed by atoms with Gasteiger partial charge in [0, 0.05) is 12.1 Å². The number of anilines is 3. The Morgan fingerprint density at radius 2 is 1.96 bits per heavy atom. The van der Waals surface area contributed by atoms with Crippen molar-refractivity contribution in [2.75, 3.05) is 10.6 Å². The largest absolute Gasteiger partial charge is 0.433 e. The standard InChI is InChI=1S/C15H15F4N5O2/c1-3-8(2)20-14-22-12(15(17,18)19)7-13(23-14)21-10-5-4-9(16)6-11(10)24(25)26/h4-8H,3H2,1-2H3,(H2,20,21,22,23)/t8-/m1/s1. The van der Waals surface area contributed by atoms with E-state index in [1.807, 2.05) is 6.92 Å². The van der Waals surface area contributed by atoms with E-state index in [0.717, 1.165) is 12.1 Å². The molecule has 0 saturated carbocycles. The molecule has 0 aliphatic heterocycles. The van der Waals surface area contributed by atoms with Crippen LogP contribution in [0.2, 0.25) is 0 Å². The first-order chi connectivity index (χ1) is 12.1. The molecule has 0 saturated heterocycles. The van der Waals surface area contributed by atoms with Crippen molar-refractivity contribution >= 4 is 23.1 Å². The smallest absolute Gasteiger partial charge is 0.352 e. The van der Waals surface area contributed by atoms with Crippen molar-refractivity contribution in [1.82, 2.24) is 9.97 Å². The van der Waals surface area contributed by atoms with Crippen LogP contribution in [0.3, 0.4) is 0 Å². The van der Waals surface area contributed by atoms with E-state index in [1.165, 1.54) is 0 Å². The van der Waals surface area contributed by atoms with Gasteiger partial charge in [0.15, 0.2) is 5.69 Å². The summed E-state index contributed by atoms with van der Waals surface area (Å²) in [6, 6.07) is 3.08. The third-order valence-electron chi connectivity index (χ3n) is 3.42. The number of rotatable bonds is 6. The molecule has 0 radical (unpaired) electrons. The van der Waals surface area contributed by atoms with Crippen LogP contribution < -0.4 is 10.6 Å². The summed E-state index contributed by atoms with van der Waals surface area (Å²) in [4.78, 5) is 17.5. The van der Waals surface area contributed by atoms with Gasteiger partial charge in [-0.2, -0.15) is 18.2 Å². The number of hydrogen-bond donors (Lipinski definition) is 2. The van der Waals surface area contributed by atoms with Gasteiger partial charge in [0.2, 0.25) is 5.95 Å². The summed E-state index contributed by atoms with van der Waals surface area (Å²) < 4.78 is 52.4. The van der Waals surface area contributed by atoms with Gasteiger partial charge in [0.25, 0.3) is 5.69 Å². The minimum absolute atomic E-state index is 0.188. The fourth-order valence-electron chi connectivity index (χ4n) is 1.94. The van der Waals surface area contributed by atoms with Gasteiger partial charge in [-0.25, -0.2) is 9.37 Å². The fourth-order valence-corrected chi connectivity index (χ4v) is 1.94. The number of nitrogens with one attached hydrogen (secondary N) is 2. The monoisotopic (exact) mass is 373 g/mol. The number of nitro groups is 1. The molecule has 2 aromatic rings. The molecule has 1 atom stereocenters. The van der Waals surface area contributed by atoms with Crippen molar-refractivity contribution in [3.05, 3.63) is 45.9 Å². The molecule has 2 N–H and O–H groups in total. The summed E-state index contributed by atoms with van der Waals surface area (Å²) in [5, 5.41) is 16.2. The molecule has 0 aliphatic rings. The third-order valence-corrected chi connectivity index (χ3v) is 3.42. The molecule has 26 heavy (non-hydrogen) atoms. The second kappa shape index (κ2) is 7.50. The molecule has 1 heterocycles. The van der Waals surface area contributed by atoms with Gasteiger partial charge in [-0.1, -0.05) is 6.92 Å². The third kappa shape index (κ3) is 4.77. The number of hydrogen-bond acceptors (Lipinski definition) is 6. The highest BCUT2D eigenvalue weighted by Crippen LogP contribution is 2.32. The summed E-state index contributed by atoms with van der Waals surface area (Å²) in [5.74, 6) is -1.44. The molecular weight excluding hydrogens is 358 g/mol. The molecule has 0 bridgehead atoms. The van der Waals surface area contributed by atoms with Gasteiger partial charge < -0.3 is 10.6 Å². The minimum Gasteiger partial charge on any atom is -0.352 e. The number of halogens is 4. The highest BCUT2D eigenvalue weighted by molar-refractivity contribution is 5.68. The maximum absolute atomic E-state index is 13.2.